The van der Waals surface area contributed by atoms with Crippen molar-refractivity contribution in [3.63, 3.8) is 0 Å². The molecule has 0 aromatic heterocycles. The number of rotatable bonds is 7. The molecule has 3 rings (SSSR count). The summed E-state index contributed by atoms with van der Waals surface area (Å²) in [6.07, 6.45) is 0.0555. The number of ketones is 1. The van der Waals surface area contributed by atoms with E-state index in [4.69, 9.17) is 4.74 Å². The van der Waals surface area contributed by atoms with Crippen LogP contribution in [-0.2, 0) is 14.8 Å². The minimum atomic E-state index is -3.40. The van der Waals surface area contributed by atoms with Gasteiger partial charge >= 0.3 is 5.97 Å². The second-order valence-corrected chi connectivity index (χ2v) is 8.56. The molecule has 0 spiro atoms. The zero-order chi connectivity index (χ0) is 21.7. The molecule has 0 heterocycles. The van der Waals surface area contributed by atoms with Crippen LogP contribution >= 0.6 is 0 Å². The Labute approximate surface area is 175 Å². The molecule has 3 aromatic rings. The van der Waals surface area contributed by atoms with Crippen molar-refractivity contribution in [1.82, 2.24) is 0 Å². The summed E-state index contributed by atoms with van der Waals surface area (Å²) in [7, 11) is -3.40. The van der Waals surface area contributed by atoms with Gasteiger partial charge in [-0.05, 0) is 54.4 Å². The number of hydrogen-bond acceptors (Lipinski definition) is 5. The van der Waals surface area contributed by atoms with Gasteiger partial charge in [0.1, 0.15) is 0 Å². The van der Waals surface area contributed by atoms with Crippen molar-refractivity contribution in [2.45, 2.75) is 13.0 Å². The normalized spacial score (nSPS) is 12.1. The molecule has 1 N–H and O–H groups in total. The van der Waals surface area contributed by atoms with Crippen molar-refractivity contribution in [3.05, 3.63) is 90.0 Å². The average Bonchev–Trinajstić information content (AvgIpc) is 2.73. The first-order valence-electron chi connectivity index (χ1n) is 9.21. The first-order valence-corrected chi connectivity index (χ1v) is 11.1. The van der Waals surface area contributed by atoms with Crippen LogP contribution in [0.25, 0.3) is 11.1 Å². The maximum atomic E-state index is 12.5. The van der Waals surface area contributed by atoms with E-state index in [2.05, 4.69) is 4.72 Å². The molecule has 7 heteroatoms. The lowest BCUT2D eigenvalue weighted by Crippen LogP contribution is -2.24. The molecule has 0 saturated carbocycles. The second kappa shape index (κ2) is 8.92. The Balaban J connectivity index is 1.64. The van der Waals surface area contributed by atoms with Gasteiger partial charge in [0.15, 0.2) is 6.10 Å². The topological polar surface area (TPSA) is 89.5 Å². The van der Waals surface area contributed by atoms with Gasteiger partial charge in [0.2, 0.25) is 15.8 Å². The van der Waals surface area contributed by atoms with Gasteiger partial charge in [-0.3, -0.25) is 9.52 Å². The number of Topliss-reactive ketones (excluding diaryl/α,β-unsaturated/α-hetero) is 1. The highest BCUT2D eigenvalue weighted by molar-refractivity contribution is 7.92. The zero-order valence-corrected chi connectivity index (χ0v) is 17.3. The van der Waals surface area contributed by atoms with Crippen LogP contribution in [0.5, 0.6) is 0 Å². The predicted molar refractivity (Wildman–Crippen MR) is 116 cm³/mol. The number of hydrogen-bond donors (Lipinski definition) is 1. The molecule has 1 atom stereocenters. The smallest absolute Gasteiger partial charge is 0.338 e. The molecule has 154 valence electrons. The van der Waals surface area contributed by atoms with Gasteiger partial charge in [-0.15, -0.1) is 0 Å². The number of carbonyl (C=O) groups is 2. The monoisotopic (exact) mass is 423 g/mol. The third-order valence-electron chi connectivity index (χ3n) is 4.35. The number of esters is 1. The quantitative estimate of drug-likeness (QED) is 0.455. The molecule has 0 saturated heterocycles. The molecular formula is C23H21NO5S. The zero-order valence-electron chi connectivity index (χ0n) is 16.5. The summed E-state index contributed by atoms with van der Waals surface area (Å²) in [5.74, 6) is -0.971. The predicted octanol–water partition coefficient (Wildman–Crippen LogP) is 4.15. The Bertz CT molecular complexity index is 1140. The van der Waals surface area contributed by atoms with Gasteiger partial charge in [-0.1, -0.05) is 42.5 Å². The Morgan fingerprint density at radius 3 is 1.90 bits per heavy atom. The largest absolute Gasteiger partial charge is 0.451 e. The van der Waals surface area contributed by atoms with E-state index >= 15 is 0 Å². The van der Waals surface area contributed by atoms with E-state index < -0.39 is 22.1 Å². The number of nitrogens with one attached hydrogen (secondary N) is 1. The van der Waals surface area contributed by atoms with Gasteiger partial charge < -0.3 is 4.74 Å². The summed E-state index contributed by atoms with van der Waals surface area (Å²) in [5, 5.41) is 0. The number of anilines is 1. The number of ether oxygens (including phenoxy) is 1. The molecule has 0 aliphatic carbocycles. The average molecular weight is 423 g/mol. The van der Waals surface area contributed by atoms with Crippen molar-refractivity contribution in [3.8, 4) is 11.1 Å². The van der Waals surface area contributed by atoms with Crippen molar-refractivity contribution in [2.75, 3.05) is 11.0 Å². The Hall–Kier alpha value is -3.45. The van der Waals surface area contributed by atoms with Crippen molar-refractivity contribution in [2.24, 2.45) is 0 Å². The van der Waals surface area contributed by atoms with E-state index in [-0.39, 0.29) is 5.78 Å². The summed E-state index contributed by atoms with van der Waals surface area (Å²) in [6.45, 7) is 1.50. The summed E-state index contributed by atoms with van der Waals surface area (Å²) >= 11 is 0. The maximum Gasteiger partial charge on any atom is 0.338 e. The van der Waals surface area contributed by atoms with E-state index in [1.807, 2.05) is 42.5 Å². The van der Waals surface area contributed by atoms with Crippen LogP contribution in [0.2, 0.25) is 0 Å². The fraction of sp³-hybridized carbons (Fsp3) is 0.130. The third-order valence-corrected chi connectivity index (χ3v) is 4.96. The number of sulfonamides is 1. The van der Waals surface area contributed by atoms with Gasteiger partial charge in [0, 0.05) is 11.3 Å². The van der Waals surface area contributed by atoms with Gasteiger partial charge in [-0.25, -0.2) is 13.2 Å². The maximum absolute atomic E-state index is 12.5. The van der Waals surface area contributed by atoms with E-state index in [0.717, 1.165) is 17.4 Å². The van der Waals surface area contributed by atoms with Crippen LogP contribution in [0, 0.1) is 0 Å². The molecule has 0 radical (unpaired) electrons. The lowest BCUT2D eigenvalue weighted by atomic mass is 10.0. The van der Waals surface area contributed by atoms with Crippen LogP contribution in [-0.4, -0.2) is 32.5 Å². The lowest BCUT2D eigenvalue weighted by Gasteiger charge is -2.13. The molecule has 0 fully saturated rings. The number of carbonyl (C=O) groups excluding carboxylic acids is 2. The fourth-order valence-electron chi connectivity index (χ4n) is 2.86. The van der Waals surface area contributed by atoms with Gasteiger partial charge in [-0.2, -0.15) is 0 Å². The molecule has 1 unspecified atom stereocenters. The van der Waals surface area contributed by atoms with Gasteiger partial charge in [0.25, 0.3) is 0 Å². The second-order valence-electron chi connectivity index (χ2n) is 6.81. The van der Waals surface area contributed by atoms with Crippen LogP contribution in [0.3, 0.4) is 0 Å². The highest BCUT2D eigenvalue weighted by Crippen LogP contribution is 2.20. The molecule has 0 amide bonds. The molecule has 0 bridgehead atoms. The van der Waals surface area contributed by atoms with E-state index in [0.29, 0.717) is 16.8 Å². The Morgan fingerprint density at radius 1 is 0.800 bits per heavy atom. The first-order chi connectivity index (χ1) is 14.2. The molecular weight excluding hydrogens is 402 g/mol. The summed E-state index contributed by atoms with van der Waals surface area (Å²) < 4.78 is 30.1. The fourth-order valence-corrected chi connectivity index (χ4v) is 3.43. The summed E-state index contributed by atoms with van der Waals surface area (Å²) in [5.41, 5.74) is 3.02. The molecule has 6 nitrogen and oxygen atoms in total. The van der Waals surface area contributed by atoms with Crippen molar-refractivity contribution in [1.29, 1.82) is 0 Å². The SMILES string of the molecule is CC(OC(=O)c1ccc(-c2ccccc2)cc1)C(=O)c1ccc(NS(C)(=O)=O)cc1. The van der Waals surface area contributed by atoms with Crippen LogP contribution in [0.1, 0.15) is 27.6 Å². The minimum Gasteiger partial charge on any atom is -0.451 e. The Morgan fingerprint density at radius 2 is 1.33 bits per heavy atom. The van der Waals surface area contributed by atoms with Crippen LogP contribution < -0.4 is 4.72 Å². The minimum absolute atomic E-state index is 0.314. The molecule has 0 aliphatic rings. The Kier molecular flexibility index (Phi) is 6.32. The summed E-state index contributed by atoms with van der Waals surface area (Å²) in [4.78, 5) is 24.9. The standard InChI is InChI=1S/C23H21NO5S/c1-16(22(25)19-12-14-21(15-13-19)24-30(2,27)28)29-23(26)20-10-8-18(9-11-20)17-6-4-3-5-7-17/h3-16,24H,1-2H3. The first kappa shape index (κ1) is 21.3. The molecule has 3 aromatic carbocycles. The van der Waals surface area contributed by atoms with Crippen molar-refractivity contribution < 1.29 is 22.7 Å². The summed E-state index contributed by atoms with van der Waals surface area (Å²) in [6, 6.07) is 22.7. The van der Waals surface area contributed by atoms with Crippen LogP contribution in [0.4, 0.5) is 5.69 Å². The third kappa shape index (κ3) is 5.55. The number of benzene rings is 3. The molecule has 30 heavy (non-hydrogen) atoms. The lowest BCUT2D eigenvalue weighted by molar-refractivity contribution is 0.0319. The van der Waals surface area contributed by atoms with Crippen molar-refractivity contribution >= 4 is 27.5 Å². The van der Waals surface area contributed by atoms with Crippen LogP contribution in [0.15, 0.2) is 78.9 Å². The van der Waals surface area contributed by atoms with E-state index in [1.54, 1.807) is 12.1 Å². The van der Waals surface area contributed by atoms with Gasteiger partial charge in [0.05, 0.1) is 11.8 Å². The highest BCUT2D eigenvalue weighted by atomic mass is 32.2. The van der Waals surface area contributed by atoms with E-state index in [1.165, 1.54) is 31.2 Å². The molecule has 0 aliphatic heterocycles. The highest BCUT2D eigenvalue weighted by Gasteiger charge is 2.20. The van der Waals surface area contributed by atoms with E-state index in [9.17, 15) is 18.0 Å².